The molecule has 0 spiro atoms. The lowest BCUT2D eigenvalue weighted by Crippen LogP contribution is -2.13. The lowest BCUT2D eigenvalue weighted by atomic mass is 10.1. The van der Waals surface area contributed by atoms with Crippen molar-refractivity contribution in [2.45, 2.75) is 142 Å². The highest BCUT2D eigenvalue weighted by molar-refractivity contribution is 6.04. The first-order valence-electron chi connectivity index (χ1n) is 25.2. The van der Waals surface area contributed by atoms with Gasteiger partial charge in [0.05, 0.1) is 29.9 Å². The number of benzene rings is 5. The van der Waals surface area contributed by atoms with Crippen molar-refractivity contribution in [3.8, 4) is 28.7 Å². The molecule has 5 aromatic rings. The predicted molar refractivity (Wildman–Crippen MR) is 270 cm³/mol. The number of unbranched alkanes of at least 4 members (excludes halogenated alkanes) is 18. The van der Waals surface area contributed by atoms with Crippen molar-refractivity contribution < 1.29 is 47.3 Å². The first-order valence-corrected chi connectivity index (χ1v) is 25.2. The zero-order valence-corrected chi connectivity index (χ0v) is 40.6. The van der Waals surface area contributed by atoms with Gasteiger partial charge in [-0.3, -0.25) is 4.79 Å². The molecule has 0 atom stereocenters. The SMILES string of the molecule is CCCCCCCCCCCCOc1ccc(C(=O)Oc2ccc(NC(=O)c3cccc(OC(=O)c4ccc(OC(=O)c5ccc(OCCCCCCCCCCCC)c(F)c5)cc4)c3)cc2)cc1. The molecule has 1 N–H and O–H groups in total. The molecule has 11 heteroatoms. The number of hydrogen-bond donors (Lipinski definition) is 1. The Morgan fingerprint density at radius 1 is 0.406 bits per heavy atom. The lowest BCUT2D eigenvalue weighted by Gasteiger charge is -2.10. The smallest absolute Gasteiger partial charge is 0.343 e. The molecule has 5 aromatic carbocycles. The van der Waals surface area contributed by atoms with Gasteiger partial charge >= 0.3 is 17.9 Å². The predicted octanol–water partition coefficient (Wildman–Crippen LogP) is 15.3. The van der Waals surface area contributed by atoms with Gasteiger partial charge in [0.15, 0.2) is 11.6 Å². The average Bonchev–Trinajstić information content (AvgIpc) is 3.36. The molecule has 0 aromatic heterocycles. The third kappa shape index (κ3) is 19.9. The topological polar surface area (TPSA) is 126 Å². The number of carbonyl (C=O) groups excluding carboxylic acids is 4. The Balaban J connectivity index is 0.986. The van der Waals surface area contributed by atoms with E-state index in [9.17, 15) is 23.6 Å². The third-order valence-electron chi connectivity index (χ3n) is 11.7. The molecule has 0 radical (unpaired) electrons. The fraction of sp³-hybridized carbons (Fsp3) is 0.414. The van der Waals surface area contributed by atoms with Crippen LogP contribution in [0.4, 0.5) is 10.1 Å². The molecule has 0 saturated carbocycles. The number of halogens is 1. The second-order valence-electron chi connectivity index (χ2n) is 17.4. The molecule has 0 saturated heterocycles. The minimum absolute atomic E-state index is 0.0156. The van der Waals surface area contributed by atoms with Crippen LogP contribution in [-0.4, -0.2) is 37.0 Å². The van der Waals surface area contributed by atoms with Gasteiger partial charge in [-0.25, -0.2) is 18.8 Å². The molecule has 0 bridgehead atoms. The van der Waals surface area contributed by atoms with Crippen LogP contribution < -0.4 is 29.0 Å². The van der Waals surface area contributed by atoms with Gasteiger partial charge in [0.2, 0.25) is 0 Å². The second-order valence-corrected chi connectivity index (χ2v) is 17.4. The van der Waals surface area contributed by atoms with E-state index in [1.807, 2.05) is 0 Å². The van der Waals surface area contributed by atoms with Crippen molar-refractivity contribution >= 4 is 29.5 Å². The summed E-state index contributed by atoms with van der Waals surface area (Å²) in [5.41, 5.74) is 1.26. The number of nitrogens with one attached hydrogen (secondary N) is 1. The largest absolute Gasteiger partial charge is 0.494 e. The van der Waals surface area contributed by atoms with Crippen LogP contribution in [0.5, 0.6) is 28.7 Å². The summed E-state index contributed by atoms with van der Waals surface area (Å²) in [6.45, 7) is 5.50. The van der Waals surface area contributed by atoms with E-state index in [1.54, 1.807) is 66.7 Å². The van der Waals surface area contributed by atoms with Crippen molar-refractivity contribution in [2.24, 2.45) is 0 Å². The molecule has 10 nitrogen and oxygen atoms in total. The van der Waals surface area contributed by atoms with E-state index < -0.39 is 29.6 Å². The van der Waals surface area contributed by atoms with E-state index in [4.69, 9.17) is 23.7 Å². The van der Waals surface area contributed by atoms with Gasteiger partial charge in [-0.15, -0.1) is 0 Å². The third-order valence-corrected chi connectivity index (χ3v) is 11.7. The van der Waals surface area contributed by atoms with E-state index in [-0.39, 0.29) is 33.9 Å². The minimum Gasteiger partial charge on any atom is -0.494 e. The number of esters is 3. The second kappa shape index (κ2) is 30.8. The van der Waals surface area contributed by atoms with Crippen molar-refractivity contribution in [1.82, 2.24) is 0 Å². The number of anilines is 1. The maximum atomic E-state index is 14.8. The summed E-state index contributed by atoms with van der Waals surface area (Å²) in [6, 6.07) is 29.1. The quantitative estimate of drug-likeness (QED) is 0.0255. The Kier molecular flexibility index (Phi) is 23.9. The average molecular weight is 944 g/mol. The fourth-order valence-electron chi connectivity index (χ4n) is 7.65. The van der Waals surface area contributed by atoms with Gasteiger partial charge in [0.25, 0.3) is 5.91 Å². The molecule has 1 amide bonds. The molecular weight excluding hydrogens is 874 g/mol. The van der Waals surface area contributed by atoms with E-state index in [0.717, 1.165) is 38.2 Å². The summed E-state index contributed by atoms with van der Waals surface area (Å²) >= 11 is 0. The number of carbonyl (C=O) groups is 4. The molecule has 0 aliphatic carbocycles. The van der Waals surface area contributed by atoms with E-state index in [1.165, 1.54) is 139 Å². The van der Waals surface area contributed by atoms with Crippen molar-refractivity contribution in [3.05, 3.63) is 143 Å². The lowest BCUT2D eigenvalue weighted by molar-refractivity contribution is 0.0723. The Morgan fingerprint density at radius 2 is 0.826 bits per heavy atom. The zero-order valence-electron chi connectivity index (χ0n) is 40.6. The monoisotopic (exact) mass is 944 g/mol. The van der Waals surface area contributed by atoms with Crippen molar-refractivity contribution in [1.29, 1.82) is 0 Å². The van der Waals surface area contributed by atoms with Crippen LogP contribution in [0.25, 0.3) is 0 Å². The van der Waals surface area contributed by atoms with Gasteiger partial charge in [-0.05, 0) is 122 Å². The molecule has 0 aliphatic heterocycles. The van der Waals surface area contributed by atoms with Crippen LogP contribution in [0.15, 0.2) is 115 Å². The molecule has 0 fully saturated rings. The van der Waals surface area contributed by atoms with Crippen LogP contribution >= 0.6 is 0 Å². The summed E-state index contributed by atoms with van der Waals surface area (Å²) in [7, 11) is 0. The number of hydrogen-bond acceptors (Lipinski definition) is 9. The number of rotatable bonds is 32. The molecule has 69 heavy (non-hydrogen) atoms. The highest BCUT2D eigenvalue weighted by Crippen LogP contribution is 2.24. The van der Waals surface area contributed by atoms with Gasteiger partial charge < -0.3 is 29.0 Å². The molecule has 5 rings (SSSR count). The summed E-state index contributed by atoms with van der Waals surface area (Å²) < 4.78 is 42.8. The molecule has 0 unspecified atom stereocenters. The van der Waals surface area contributed by atoms with Crippen LogP contribution in [0, 0.1) is 5.82 Å². The first-order chi connectivity index (χ1) is 33.7. The highest BCUT2D eigenvalue weighted by Gasteiger charge is 2.16. The Labute approximate surface area is 408 Å². The maximum Gasteiger partial charge on any atom is 0.343 e. The molecule has 0 aliphatic rings. The first kappa shape index (κ1) is 53.5. The van der Waals surface area contributed by atoms with Crippen molar-refractivity contribution in [3.63, 3.8) is 0 Å². The Morgan fingerprint density at radius 3 is 1.33 bits per heavy atom. The summed E-state index contributed by atoms with van der Waals surface area (Å²) in [5, 5.41) is 2.79. The Bertz CT molecular complexity index is 2310. The van der Waals surface area contributed by atoms with Crippen molar-refractivity contribution in [2.75, 3.05) is 18.5 Å². The Hall–Kier alpha value is -6.49. The van der Waals surface area contributed by atoms with Crippen LogP contribution in [-0.2, 0) is 0 Å². The fourth-order valence-corrected chi connectivity index (χ4v) is 7.65. The van der Waals surface area contributed by atoms with Crippen LogP contribution in [0.2, 0.25) is 0 Å². The molecular formula is C58H70FNO9. The van der Waals surface area contributed by atoms with Gasteiger partial charge in [0, 0.05) is 11.3 Å². The van der Waals surface area contributed by atoms with E-state index in [0.29, 0.717) is 36.0 Å². The summed E-state index contributed by atoms with van der Waals surface area (Å²) in [6.07, 6.45) is 24.6. The molecule has 0 heterocycles. The minimum atomic E-state index is -0.766. The number of amides is 1. The van der Waals surface area contributed by atoms with E-state index in [2.05, 4.69) is 19.2 Å². The van der Waals surface area contributed by atoms with E-state index >= 15 is 0 Å². The van der Waals surface area contributed by atoms with Gasteiger partial charge in [-0.1, -0.05) is 135 Å². The zero-order chi connectivity index (χ0) is 48.9. The summed E-state index contributed by atoms with van der Waals surface area (Å²) in [5.74, 6) is -1.71. The van der Waals surface area contributed by atoms with Crippen LogP contribution in [0.1, 0.15) is 184 Å². The molecule has 368 valence electrons. The standard InChI is InChI=1S/C58H70FNO9/c1-3-5-7-9-11-13-15-17-19-21-40-65-49-33-26-44(27-34-49)56(62)67-51-37-31-48(32-38-51)60-55(61)46-24-23-25-52(42-46)69-57(63)45-28-35-50(36-29-45)68-58(64)47-30-39-54(53(59)43-47)66-41-22-20-18-16-14-12-10-8-6-4-2/h23-39,42-43H,3-22,40-41H2,1-2H3,(H,60,61). The maximum absolute atomic E-state index is 14.8. The van der Waals surface area contributed by atoms with Gasteiger partial charge in [-0.2, -0.15) is 0 Å². The summed E-state index contributed by atoms with van der Waals surface area (Å²) in [4.78, 5) is 51.8. The highest BCUT2D eigenvalue weighted by atomic mass is 19.1. The normalized spacial score (nSPS) is 10.9. The van der Waals surface area contributed by atoms with Gasteiger partial charge in [0.1, 0.15) is 23.0 Å². The number of ether oxygens (including phenoxy) is 5. The van der Waals surface area contributed by atoms with Crippen LogP contribution in [0.3, 0.4) is 0 Å².